The Morgan fingerprint density at radius 2 is 1.94 bits per heavy atom. The second-order valence-electron chi connectivity index (χ2n) is 6.10. The quantitative estimate of drug-likeness (QED) is 0.420. The summed E-state index contributed by atoms with van der Waals surface area (Å²) in [7, 11) is 0. The lowest BCUT2D eigenvalue weighted by Crippen LogP contribution is -2.37. The molecule has 2 bridgehead atoms. The lowest BCUT2D eigenvalue weighted by Gasteiger charge is -2.29. The van der Waals surface area contributed by atoms with Crippen LogP contribution in [0, 0.1) is 17.8 Å². The van der Waals surface area contributed by atoms with Crippen molar-refractivity contribution in [1.29, 1.82) is 0 Å². The van der Waals surface area contributed by atoms with Gasteiger partial charge >= 0.3 is 5.97 Å². The predicted molar refractivity (Wildman–Crippen MR) is 62.1 cm³/mol. The number of nitrogens with zero attached hydrogens (tertiary/aromatic N) is 1. The zero-order chi connectivity index (χ0) is 12.6. The first kappa shape index (κ1) is 12.3. The van der Waals surface area contributed by atoms with Gasteiger partial charge in [0, 0.05) is 0 Å². The number of isocyanates is 1. The molecule has 0 heterocycles. The molecule has 2 saturated carbocycles. The maximum Gasteiger partial charge on any atom is 0.311 e. The van der Waals surface area contributed by atoms with Crippen LogP contribution in [0.15, 0.2) is 4.99 Å². The van der Waals surface area contributed by atoms with Crippen LogP contribution >= 0.6 is 0 Å². The van der Waals surface area contributed by atoms with Crippen molar-refractivity contribution in [3.8, 4) is 0 Å². The van der Waals surface area contributed by atoms with E-state index in [9.17, 15) is 9.59 Å². The maximum atomic E-state index is 12.1. The second kappa shape index (κ2) is 4.26. The lowest BCUT2D eigenvalue weighted by atomic mass is 9.84. The standard InChI is InChI=1S/C13H19NO3/c1-13(2,3)17-12(16)10-8-4-5-9(6-8)11(10)14-7-15/h8-11H,4-6H2,1-3H3. The van der Waals surface area contributed by atoms with Crippen molar-refractivity contribution in [3.63, 3.8) is 0 Å². The molecule has 0 aromatic heterocycles. The van der Waals surface area contributed by atoms with Gasteiger partial charge in [-0.25, -0.2) is 9.79 Å². The first-order chi connectivity index (χ1) is 7.92. The number of carbonyl (C=O) groups excluding carboxylic acids is 2. The minimum absolute atomic E-state index is 0.193. The Kier molecular flexibility index (Phi) is 3.09. The van der Waals surface area contributed by atoms with E-state index in [-0.39, 0.29) is 17.9 Å². The van der Waals surface area contributed by atoms with Gasteiger partial charge in [-0.3, -0.25) is 4.79 Å². The van der Waals surface area contributed by atoms with E-state index in [1.807, 2.05) is 20.8 Å². The topological polar surface area (TPSA) is 55.7 Å². The van der Waals surface area contributed by atoms with E-state index in [4.69, 9.17) is 4.74 Å². The number of fused-ring (bicyclic) bond motifs is 2. The molecule has 0 saturated heterocycles. The normalized spacial score (nSPS) is 35.5. The third-order valence-corrected chi connectivity index (χ3v) is 3.75. The second-order valence-corrected chi connectivity index (χ2v) is 6.10. The van der Waals surface area contributed by atoms with Crippen LogP contribution in [-0.4, -0.2) is 23.7 Å². The summed E-state index contributed by atoms with van der Waals surface area (Å²) < 4.78 is 5.42. The largest absolute Gasteiger partial charge is 0.460 e. The van der Waals surface area contributed by atoms with E-state index in [0.29, 0.717) is 11.8 Å². The van der Waals surface area contributed by atoms with Crippen LogP contribution in [0.2, 0.25) is 0 Å². The highest BCUT2D eigenvalue weighted by Gasteiger charge is 2.52. The number of carbonyl (C=O) groups is 1. The molecule has 2 aliphatic rings. The van der Waals surface area contributed by atoms with Gasteiger partial charge in [-0.05, 0) is 51.9 Å². The Morgan fingerprint density at radius 1 is 1.29 bits per heavy atom. The van der Waals surface area contributed by atoms with Gasteiger partial charge in [0.25, 0.3) is 0 Å². The Hall–Kier alpha value is -1.15. The zero-order valence-electron chi connectivity index (χ0n) is 10.6. The highest BCUT2D eigenvalue weighted by molar-refractivity contribution is 5.75. The Labute approximate surface area is 101 Å². The SMILES string of the molecule is CC(C)(C)OC(=O)C1C2CCC(C2)C1N=C=O. The summed E-state index contributed by atoms with van der Waals surface area (Å²) in [6.45, 7) is 5.57. The highest BCUT2D eigenvalue weighted by atomic mass is 16.6. The molecule has 2 fully saturated rings. The van der Waals surface area contributed by atoms with E-state index >= 15 is 0 Å². The van der Waals surface area contributed by atoms with Crippen LogP contribution in [0.3, 0.4) is 0 Å². The zero-order valence-corrected chi connectivity index (χ0v) is 10.6. The van der Waals surface area contributed by atoms with Gasteiger partial charge in [-0.1, -0.05) is 0 Å². The van der Waals surface area contributed by atoms with Gasteiger partial charge in [-0.2, -0.15) is 0 Å². The molecule has 0 aliphatic heterocycles. The van der Waals surface area contributed by atoms with Crippen molar-refractivity contribution in [2.75, 3.05) is 0 Å². The molecule has 4 atom stereocenters. The van der Waals surface area contributed by atoms with Crippen molar-refractivity contribution >= 4 is 12.0 Å². The average molecular weight is 237 g/mol. The maximum absolute atomic E-state index is 12.1. The molecule has 0 aromatic rings. The van der Waals surface area contributed by atoms with Crippen molar-refractivity contribution in [2.24, 2.45) is 22.7 Å². The van der Waals surface area contributed by atoms with Crippen LogP contribution in [-0.2, 0) is 14.3 Å². The van der Waals surface area contributed by atoms with Crippen LogP contribution in [0.1, 0.15) is 40.0 Å². The molecule has 0 radical (unpaired) electrons. The molecule has 0 aromatic carbocycles. The van der Waals surface area contributed by atoms with Gasteiger partial charge in [0.15, 0.2) is 0 Å². The molecule has 94 valence electrons. The van der Waals surface area contributed by atoms with Crippen molar-refractivity contribution < 1.29 is 14.3 Å². The van der Waals surface area contributed by atoms with Crippen LogP contribution in [0.25, 0.3) is 0 Å². The summed E-state index contributed by atoms with van der Waals surface area (Å²) in [5, 5.41) is 0. The number of esters is 1. The molecule has 0 amide bonds. The molecule has 4 heteroatoms. The summed E-state index contributed by atoms with van der Waals surface area (Å²) >= 11 is 0. The van der Waals surface area contributed by atoms with E-state index in [2.05, 4.69) is 4.99 Å². The van der Waals surface area contributed by atoms with E-state index in [1.165, 1.54) is 0 Å². The summed E-state index contributed by atoms with van der Waals surface area (Å²) in [4.78, 5) is 26.4. The summed E-state index contributed by atoms with van der Waals surface area (Å²) in [5.74, 6) is 0.291. The van der Waals surface area contributed by atoms with Crippen LogP contribution < -0.4 is 0 Å². The molecule has 4 unspecified atom stereocenters. The summed E-state index contributed by atoms with van der Waals surface area (Å²) in [5.41, 5.74) is -0.478. The van der Waals surface area contributed by atoms with E-state index in [1.54, 1.807) is 6.08 Å². The third-order valence-electron chi connectivity index (χ3n) is 3.75. The number of ether oxygens (including phenoxy) is 1. The van der Waals surface area contributed by atoms with Crippen LogP contribution in [0.4, 0.5) is 0 Å². The molecule has 0 spiro atoms. The van der Waals surface area contributed by atoms with Crippen molar-refractivity contribution in [2.45, 2.75) is 51.7 Å². The van der Waals surface area contributed by atoms with Gasteiger partial charge in [-0.15, -0.1) is 0 Å². The molecular formula is C13H19NO3. The highest BCUT2D eigenvalue weighted by Crippen LogP contribution is 2.50. The lowest BCUT2D eigenvalue weighted by molar-refractivity contribution is -0.162. The summed E-state index contributed by atoms with van der Waals surface area (Å²) in [6, 6.07) is -0.193. The fraction of sp³-hybridized carbons (Fsp3) is 0.846. The Bertz CT molecular complexity index is 365. The Balaban J connectivity index is 2.13. The molecule has 2 aliphatic carbocycles. The van der Waals surface area contributed by atoms with Crippen molar-refractivity contribution in [3.05, 3.63) is 0 Å². The minimum Gasteiger partial charge on any atom is -0.460 e. The fourth-order valence-corrected chi connectivity index (χ4v) is 3.21. The number of aliphatic imine (C=N–C) groups is 1. The first-order valence-electron chi connectivity index (χ1n) is 6.22. The summed E-state index contributed by atoms with van der Waals surface area (Å²) in [6.07, 6.45) is 4.73. The minimum atomic E-state index is -0.478. The van der Waals surface area contributed by atoms with Gasteiger partial charge in [0.05, 0.1) is 12.0 Å². The molecular weight excluding hydrogens is 218 g/mol. The Morgan fingerprint density at radius 3 is 2.53 bits per heavy atom. The molecule has 4 nitrogen and oxygen atoms in total. The van der Waals surface area contributed by atoms with Crippen LogP contribution in [0.5, 0.6) is 0 Å². The fourth-order valence-electron chi connectivity index (χ4n) is 3.21. The first-order valence-corrected chi connectivity index (χ1v) is 6.22. The number of hydrogen-bond acceptors (Lipinski definition) is 4. The monoisotopic (exact) mass is 237 g/mol. The predicted octanol–water partition coefficient (Wildman–Crippen LogP) is 2.08. The van der Waals surface area contributed by atoms with E-state index in [0.717, 1.165) is 19.3 Å². The molecule has 17 heavy (non-hydrogen) atoms. The molecule has 0 N–H and O–H groups in total. The number of rotatable bonds is 2. The number of hydrogen-bond donors (Lipinski definition) is 0. The molecule has 2 rings (SSSR count). The van der Waals surface area contributed by atoms with Gasteiger partial charge in [0.2, 0.25) is 6.08 Å². The third kappa shape index (κ3) is 2.42. The van der Waals surface area contributed by atoms with Gasteiger partial charge < -0.3 is 4.74 Å². The average Bonchev–Trinajstić information content (AvgIpc) is 2.75. The smallest absolute Gasteiger partial charge is 0.311 e. The van der Waals surface area contributed by atoms with Crippen molar-refractivity contribution in [1.82, 2.24) is 0 Å². The van der Waals surface area contributed by atoms with Gasteiger partial charge in [0.1, 0.15) is 5.60 Å². The van der Waals surface area contributed by atoms with E-state index < -0.39 is 5.60 Å².